The first-order valence-corrected chi connectivity index (χ1v) is 9.93. The summed E-state index contributed by atoms with van der Waals surface area (Å²) in [7, 11) is 0. The van der Waals surface area contributed by atoms with Crippen molar-refractivity contribution in [2.45, 2.75) is 36.5 Å². The van der Waals surface area contributed by atoms with Gasteiger partial charge in [0.2, 0.25) is 5.43 Å². The van der Waals surface area contributed by atoms with E-state index < -0.39 is 17.2 Å². The van der Waals surface area contributed by atoms with Crippen molar-refractivity contribution in [1.29, 1.82) is 0 Å². The number of pyridine rings is 1. The van der Waals surface area contributed by atoms with Gasteiger partial charge < -0.3 is 20.3 Å². The summed E-state index contributed by atoms with van der Waals surface area (Å²) in [6.07, 6.45) is 5.45. The number of aromatic nitrogens is 1. The fourth-order valence-corrected chi connectivity index (χ4v) is 5.74. The SMILES string of the molecule is N[C@H]1C[C@H]2CC=Cc3c(c(F)cc4c(=O)c(C(=O)O)c5n(c34)CCS5)N2C1. The van der Waals surface area contributed by atoms with Crippen LogP contribution >= 0.6 is 11.8 Å². The lowest BCUT2D eigenvalue weighted by atomic mass is 10.0. The van der Waals surface area contributed by atoms with Gasteiger partial charge in [-0.3, -0.25) is 4.79 Å². The molecule has 2 atom stereocenters. The molecule has 0 unspecified atom stereocenters. The van der Waals surface area contributed by atoms with E-state index in [-0.39, 0.29) is 23.0 Å². The van der Waals surface area contributed by atoms with E-state index in [0.717, 1.165) is 12.8 Å². The van der Waals surface area contributed by atoms with Crippen LogP contribution in [0.25, 0.3) is 17.0 Å². The Kier molecular flexibility index (Phi) is 3.64. The Bertz CT molecular complexity index is 1090. The first-order valence-electron chi connectivity index (χ1n) is 8.95. The van der Waals surface area contributed by atoms with Crippen molar-refractivity contribution < 1.29 is 14.3 Å². The van der Waals surface area contributed by atoms with Crippen molar-refractivity contribution >= 4 is 40.4 Å². The number of thioether (sulfide) groups is 1. The highest BCUT2D eigenvalue weighted by Gasteiger charge is 2.36. The molecule has 5 rings (SSSR count). The number of nitrogens with two attached hydrogens (primary N) is 1. The number of hydrogen-bond donors (Lipinski definition) is 2. The van der Waals surface area contributed by atoms with E-state index in [1.165, 1.54) is 17.8 Å². The summed E-state index contributed by atoms with van der Waals surface area (Å²) < 4.78 is 17.1. The number of nitrogens with zero attached hydrogens (tertiary/aromatic N) is 2. The molecule has 6 nitrogen and oxygen atoms in total. The van der Waals surface area contributed by atoms with Crippen molar-refractivity contribution in [2.75, 3.05) is 17.2 Å². The number of anilines is 1. The molecule has 1 aromatic heterocycles. The summed E-state index contributed by atoms with van der Waals surface area (Å²) >= 11 is 1.36. The second-order valence-electron chi connectivity index (χ2n) is 7.27. The van der Waals surface area contributed by atoms with Crippen LogP contribution in [0.15, 0.2) is 22.0 Å². The normalized spacial score (nSPS) is 23.3. The van der Waals surface area contributed by atoms with Gasteiger partial charge in [-0.15, -0.1) is 11.8 Å². The van der Waals surface area contributed by atoms with Crippen LogP contribution in [0.4, 0.5) is 10.1 Å². The molecular weight excluding hydrogens is 369 g/mol. The topological polar surface area (TPSA) is 88.6 Å². The molecule has 1 aromatic carbocycles. The van der Waals surface area contributed by atoms with Crippen LogP contribution in [0.5, 0.6) is 0 Å². The Balaban J connectivity index is 1.91. The average molecular weight is 387 g/mol. The summed E-state index contributed by atoms with van der Waals surface area (Å²) in [4.78, 5) is 26.6. The standard InChI is InChI=1S/C19H18FN3O3S/c20-13-7-12-15(22-4-5-27-18(22)14(17(12)24)19(25)26)11-3-1-2-10-6-9(21)8-23(10)16(11)13/h1,3,7,9-10H,2,4-6,8,21H2,(H,25,26)/t9-,10+/m0/s1. The Morgan fingerprint density at radius 2 is 2.22 bits per heavy atom. The van der Waals surface area contributed by atoms with Crippen molar-refractivity contribution in [2.24, 2.45) is 5.73 Å². The Morgan fingerprint density at radius 1 is 1.41 bits per heavy atom. The minimum atomic E-state index is -1.27. The third kappa shape index (κ3) is 2.29. The van der Waals surface area contributed by atoms with Crippen LogP contribution in [-0.2, 0) is 6.54 Å². The summed E-state index contributed by atoms with van der Waals surface area (Å²) in [5.41, 5.74) is 6.99. The maximum absolute atomic E-state index is 15.2. The molecule has 2 aromatic rings. The lowest BCUT2D eigenvalue weighted by Crippen LogP contribution is -2.31. The Morgan fingerprint density at radius 3 is 3.00 bits per heavy atom. The molecule has 140 valence electrons. The monoisotopic (exact) mass is 387 g/mol. The third-order valence-corrected chi connectivity index (χ3v) is 6.74. The number of aryl methyl sites for hydroxylation is 1. The van der Waals surface area contributed by atoms with E-state index >= 15 is 4.39 Å². The molecule has 0 radical (unpaired) electrons. The van der Waals surface area contributed by atoms with Gasteiger partial charge in [0.1, 0.15) is 11.4 Å². The number of rotatable bonds is 1. The van der Waals surface area contributed by atoms with Gasteiger partial charge in [-0.1, -0.05) is 12.2 Å². The number of hydrogen-bond acceptors (Lipinski definition) is 5. The first-order chi connectivity index (χ1) is 13.0. The number of halogens is 1. The Hall–Kier alpha value is -2.32. The molecule has 0 amide bonds. The van der Waals surface area contributed by atoms with Crippen LogP contribution in [0.1, 0.15) is 28.8 Å². The zero-order valence-electron chi connectivity index (χ0n) is 14.4. The molecule has 3 aliphatic rings. The molecule has 0 aliphatic carbocycles. The van der Waals surface area contributed by atoms with Crippen molar-refractivity contribution in [3.63, 3.8) is 0 Å². The van der Waals surface area contributed by atoms with E-state index in [9.17, 15) is 14.7 Å². The largest absolute Gasteiger partial charge is 0.477 e. The summed E-state index contributed by atoms with van der Waals surface area (Å²) in [6, 6.07) is 1.34. The summed E-state index contributed by atoms with van der Waals surface area (Å²) in [5, 5.41) is 10.1. The second kappa shape index (κ2) is 5.84. The number of benzene rings is 1. The molecule has 3 N–H and O–H groups in total. The maximum atomic E-state index is 15.2. The van der Waals surface area contributed by atoms with Gasteiger partial charge in [-0.25, -0.2) is 9.18 Å². The molecule has 27 heavy (non-hydrogen) atoms. The van der Waals surface area contributed by atoms with Gasteiger partial charge in [0.25, 0.3) is 0 Å². The fraction of sp³-hybridized carbons (Fsp3) is 0.368. The van der Waals surface area contributed by atoms with E-state index in [1.54, 1.807) is 0 Å². The molecule has 8 heteroatoms. The van der Waals surface area contributed by atoms with Crippen LogP contribution in [-0.4, -0.2) is 40.0 Å². The zero-order valence-corrected chi connectivity index (χ0v) is 15.3. The number of fused-ring (bicyclic) bond motifs is 7. The zero-order chi connectivity index (χ0) is 18.9. The van der Waals surface area contributed by atoms with Gasteiger partial charge in [0, 0.05) is 36.5 Å². The highest BCUT2D eigenvalue weighted by atomic mass is 32.2. The molecule has 4 heterocycles. The van der Waals surface area contributed by atoms with Crippen molar-refractivity contribution in [3.8, 4) is 0 Å². The molecule has 1 saturated heterocycles. The van der Waals surface area contributed by atoms with E-state index in [2.05, 4.69) is 0 Å². The number of carboxylic acid groups (broad SMARTS) is 1. The second-order valence-corrected chi connectivity index (χ2v) is 8.36. The van der Waals surface area contributed by atoms with Crippen LogP contribution < -0.4 is 16.1 Å². The smallest absolute Gasteiger partial charge is 0.342 e. The van der Waals surface area contributed by atoms with E-state index in [1.807, 2.05) is 21.6 Å². The Labute approximate surface area is 158 Å². The van der Waals surface area contributed by atoms with Crippen LogP contribution in [0, 0.1) is 5.82 Å². The summed E-state index contributed by atoms with van der Waals surface area (Å²) in [5.74, 6) is -1.08. The van der Waals surface area contributed by atoms with Gasteiger partial charge >= 0.3 is 5.97 Å². The number of carboxylic acids is 1. The van der Waals surface area contributed by atoms with Gasteiger partial charge in [0.05, 0.1) is 21.6 Å². The first kappa shape index (κ1) is 16.8. The molecule has 0 spiro atoms. The van der Waals surface area contributed by atoms with Gasteiger partial charge in [-0.2, -0.15) is 0 Å². The fourth-order valence-electron chi connectivity index (χ4n) is 4.61. The summed E-state index contributed by atoms with van der Waals surface area (Å²) in [6.45, 7) is 1.16. The maximum Gasteiger partial charge on any atom is 0.342 e. The number of aromatic carboxylic acids is 1. The van der Waals surface area contributed by atoms with E-state index in [4.69, 9.17) is 5.73 Å². The molecule has 1 fully saturated rings. The van der Waals surface area contributed by atoms with E-state index in [0.29, 0.717) is 40.6 Å². The van der Waals surface area contributed by atoms with Crippen molar-refractivity contribution in [1.82, 2.24) is 4.57 Å². The minimum Gasteiger partial charge on any atom is -0.477 e. The minimum absolute atomic E-state index is 0.0113. The quantitative estimate of drug-likeness (QED) is 0.780. The molecule has 0 bridgehead atoms. The predicted molar refractivity (Wildman–Crippen MR) is 103 cm³/mol. The molecule has 0 saturated carbocycles. The van der Waals surface area contributed by atoms with Gasteiger partial charge in [-0.05, 0) is 18.9 Å². The molecule has 3 aliphatic heterocycles. The van der Waals surface area contributed by atoms with Crippen LogP contribution in [0.2, 0.25) is 0 Å². The van der Waals surface area contributed by atoms with Crippen molar-refractivity contribution in [3.05, 3.63) is 39.3 Å². The van der Waals surface area contributed by atoms with Crippen LogP contribution in [0.3, 0.4) is 0 Å². The lowest BCUT2D eigenvalue weighted by molar-refractivity contribution is 0.0690. The average Bonchev–Trinajstić information content (AvgIpc) is 3.17. The molecular formula is C19H18FN3O3S. The highest BCUT2D eigenvalue weighted by Crippen LogP contribution is 2.41. The lowest BCUT2D eigenvalue weighted by Gasteiger charge is -2.27. The van der Waals surface area contributed by atoms with Gasteiger partial charge in [0.15, 0.2) is 0 Å². The highest BCUT2D eigenvalue weighted by molar-refractivity contribution is 7.99. The predicted octanol–water partition coefficient (Wildman–Crippen LogP) is 2.27. The number of carbonyl (C=O) groups is 1. The third-order valence-electron chi connectivity index (χ3n) is 5.66.